The van der Waals surface area contributed by atoms with E-state index in [-0.39, 0.29) is 41.9 Å². The monoisotopic (exact) mass is 452 g/mol. The van der Waals surface area contributed by atoms with Gasteiger partial charge >= 0.3 is 7.12 Å². The lowest BCUT2D eigenvalue weighted by Crippen LogP contribution is -2.48. The van der Waals surface area contributed by atoms with Crippen LogP contribution in [0, 0.1) is 5.92 Å². The van der Waals surface area contributed by atoms with Crippen LogP contribution in [0.15, 0.2) is 24.0 Å². The van der Waals surface area contributed by atoms with E-state index in [1.165, 1.54) is 27.5 Å². The molecular weight excluding hydrogens is 419 g/mol. The normalized spacial score (nSPS) is 12.1. The molecule has 32 heavy (non-hydrogen) atoms. The van der Waals surface area contributed by atoms with Crippen LogP contribution in [-0.2, 0) is 4.79 Å². The lowest BCUT2D eigenvalue weighted by atomic mass is 9.75. The Balaban J connectivity index is 2.60. The summed E-state index contributed by atoms with van der Waals surface area (Å²) in [6.45, 7) is 4.31. The third-order valence-corrected chi connectivity index (χ3v) is 4.43. The Morgan fingerprint density at radius 3 is 2.28 bits per heavy atom. The maximum absolute atomic E-state index is 12.5. The van der Waals surface area contributed by atoms with Crippen molar-refractivity contribution < 1.29 is 33.8 Å². The number of nitrogens with two attached hydrogens (primary N) is 1. The number of carbonyl (C=O) groups is 2. The summed E-state index contributed by atoms with van der Waals surface area (Å²) in [6.07, 6.45) is 1.67. The molecule has 0 aliphatic carbocycles. The first-order chi connectivity index (χ1) is 15.2. The minimum atomic E-state index is -1.69. The number of nitrogens with one attached hydrogen (secondary N) is 3. The second-order valence-electron chi connectivity index (χ2n) is 7.31. The Morgan fingerprint density at radius 2 is 1.75 bits per heavy atom. The van der Waals surface area contributed by atoms with Crippen molar-refractivity contribution in [3.8, 4) is 17.2 Å². The molecule has 0 spiro atoms. The molecule has 0 radical (unpaired) electrons. The van der Waals surface area contributed by atoms with E-state index in [4.69, 9.17) is 19.9 Å². The standard InChI is InChI=1S/C20H33BN4O7/c1-12(2)10-16(21(28)29)25-20(27)14(22)11-23-8-9-24-19(26)13-6-7-15(30-3)18(32-5)17(13)31-4/h6-7,11-12,16,23,28-29H,8-10,22H2,1-5H3,(H,24,26)(H,25,27)/b14-11-. The van der Waals surface area contributed by atoms with E-state index >= 15 is 0 Å². The predicted octanol–water partition coefficient (Wildman–Crippen LogP) is -0.625. The second kappa shape index (κ2) is 13.3. The number of methoxy groups -OCH3 is 3. The van der Waals surface area contributed by atoms with Gasteiger partial charge in [-0.3, -0.25) is 9.59 Å². The summed E-state index contributed by atoms with van der Waals surface area (Å²) in [7, 11) is 2.67. The summed E-state index contributed by atoms with van der Waals surface area (Å²) >= 11 is 0. The van der Waals surface area contributed by atoms with Crippen molar-refractivity contribution in [3.05, 3.63) is 29.6 Å². The van der Waals surface area contributed by atoms with Crippen LogP contribution in [0.5, 0.6) is 17.2 Å². The summed E-state index contributed by atoms with van der Waals surface area (Å²) in [6, 6.07) is 3.17. The zero-order valence-electron chi connectivity index (χ0n) is 19.1. The Morgan fingerprint density at radius 1 is 1.09 bits per heavy atom. The zero-order valence-corrected chi connectivity index (χ0v) is 19.1. The molecule has 11 nitrogen and oxygen atoms in total. The molecule has 1 rings (SSSR count). The van der Waals surface area contributed by atoms with Gasteiger partial charge in [0.15, 0.2) is 11.5 Å². The van der Waals surface area contributed by atoms with E-state index in [1.807, 2.05) is 13.8 Å². The van der Waals surface area contributed by atoms with E-state index < -0.39 is 19.0 Å². The molecule has 2 amide bonds. The van der Waals surface area contributed by atoms with Crippen LogP contribution < -0.4 is 35.9 Å². The highest BCUT2D eigenvalue weighted by Gasteiger charge is 2.26. The molecular formula is C20H33BN4O7. The van der Waals surface area contributed by atoms with Gasteiger partial charge in [-0.05, 0) is 24.5 Å². The summed E-state index contributed by atoms with van der Waals surface area (Å²) in [5, 5.41) is 26.8. The summed E-state index contributed by atoms with van der Waals surface area (Å²) in [5.74, 6) is -0.691. The molecule has 7 N–H and O–H groups in total. The fraction of sp³-hybridized carbons (Fsp3) is 0.500. The van der Waals surface area contributed by atoms with Crippen molar-refractivity contribution in [2.75, 3.05) is 34.4 Å². The highest BCUT2D eigenvalue weighted by molar-refractivity contribution is 6.43. The molecule has 0 fully saturated rings. The Labute approximate surface area is 188 Å². The van der Waals surface area contributed by atoms with E-state index in [0.717, 1.165) is 0 Å². The summed E-state index contributed by atoms with van der Waals surface area (Å²) in [5.41, 5.74) is 5.86. The van der Waals surface area contributed by atoms with Gasteiger partial charge in [0, 0.05) is 19.3 Å². The molecule has 0 aromatic heterocycles. The van der Waals surface area contributed by atoms with Crippen LogP contribution in [0.3, 0.4) is 0 Å². The first-order valence-electron chi connectivity index (χ1n) is 10.1. The number of rotatable bonds is 13. The third kappa shape index (κ3) is 7.86. The van der Waals surface area contributed by atoms with Gasteiger partial charge in [-0.15, -0.1) is 0 Å². The zero-order chi connectivity index (χ0) is 24.3. The fourth-order valence-corrected chi connectivity index (χ4v) is 2.89. The van der Waals surface area contributed by atoms with Crippen LogP contribution >= 0.6 is 0 Å². The molecule has 1 unspecified atom stereocenters. The second-order valence-corrected chi connectivity index (χ2v) is 7.31. The number of ether oxygens (including phenoxy) is 3. The lowest BCUT2D eigenvalue weighted by molar-refractivity contribution is -0.118. The smallest absolute Gasteiger partial charge is 0.475 e. The molecule has 178 valence electrons. The highest BCUT2D eigenvalue weighted by atomic mass is 16.5. The number of benzene rings is 1. The number of hydrogen-bond acceptors (Lipinski definition) is 9. The van der Waals surface area contributed by atoms with Gasteiger partial charge in [0.2, 0.25) is 5.75 Å². The Kier molecular flexibility index (Phi) is 11.2. The van der Waals surface area contributed by atoms with Gasteiger partial charge < -0.3 is 45.9 Å². The van der Waals surface area contributed by atoms with E-state index in [0.29, 0.717) is 17.9 Å². The molecule has 1 atom stereocenters. The van der Waals surface area contributed by atoms with E-state index in [2.05, 4.69) is 16.0 Å². The van der Waals surface area contributed by atoms with Crippen molar-refractivity contribution in [1.82, 2.24) is 16.0 Å². The van der Waals surface area contributed by atoms with Crippen LogP contribution in [0.1, 0.15) is 30.6 Å². The molecule has 1 aromatic rings. The number of amides is 2. The lowest BCUT2D eigenvalue weighted by Gasteiger charge is -2.19. The van der Waals surface area contributed by atoms with Crippen LogP contribution in [0.4, 0.5) is 0 Å². The predicted molar refractivity (Wildman–Crippen MR) is 120 cm³/mol. The van der Waals surface area contributed by atoms with Gasteiger partial charge in [-0.2, -0.15) is 0 Å². The van der Waals surface area contributed by atoms with Gasteiger partial charge in [0.25, 0.3) is 11.8 Å². The minimum Gasteiger partial charge on any atom is -0.493 e. The summed E-state index contributed by atoms with van der Waals surface area (Å²) < 4.78 is 15.8. The minimum absolute atomic E-state index is 0.132. The van der Waals surface area contributed by atoms with Crippen molar-refractivity contribution in [1.29, 1.82) is 0 Å². The first-order valence-corrected chi connectivity index (χ1v) is 10.1. The Bertz CT molecular complexity index is 802. The van der Waals surface area contributed by atoms with Crippen molar-refractivity contribution in [3.63, 3.8) is 0 Å². The highest BCUT2D eigenvalue weighted by Crippen LogP contribution is 2.39. The molecule has 1 aromatic carbocycles. The van der Waals surface area contributed by atoms with Gasteiger partial charge in [-0.25, -0.2) is 0 Å². The topological polar surface area (TPSA) is 164 Å². The number of carbonyl (C=O) groups excluding carboxylic acids is 2. The van der Waals surface area contributed by atoms with Crippen LogP contribution in [0.25, 0.3) is 0 Å². The quantitative estimate of drug-likeness (QED) is 0.130. The summed E-state index contributed by atoms with van der Waals surface area (Å²) in [4.78, 5) is 24.6. The SMILES string of the molecule is COc1ccc(C(=O)NCCN/C=C(\N)C(=O)NC(CC(C)C)B(O)O)c(OC)c1OC. The maximum Gasteiger partial charge on any atom is 0.475 e. The van der Waals surface area contributed by atoms with Gasteiger partial charge in [-0.1, -0.05) is 13.8 Å². The van der Waals surface area contributed by atoms with Crippen LogP contribution in [-0.4, -0.2) is 69.3 Å². The van der Waals surface area contributed by atoms with Crippen molar-refractivity contribution >= 4 is 18.9 Å². The van der Waals surface area contributed by atoms with Crippen LogP contribution in [0.2, 0.25) is 0 Å². The molecule has 0 saturated carbocycles. The van der Waals surface area contributed by atoms with E-state index in [9.17, 15) is 19.6 Å². The van der Waals surface area contributed by atoms with Gasteiger partial charge in [0.1, 0.15) is 5.70 Å². The largest absolute Gasteiger partial charge is 0.493 e. The number of hydrogen-bond donors (Lipinski definition) is 6. The van der Waals surface area contributed by atoms with Crippen molar-refractivity contribution in [2.24, 2.45) is 11.7 Å². The molecule has 0 saturated heterocycles. The third-order valence-electron chi connectivity index (χ3n) is 4.43. The molecule has 0 aliphatic rings. The Hall–Kier alpha value is -3.12. The van der Waals surface area contributed by atoms with Crippen molar-refractivity contribution in [2.45, 2.75) is 26.2 Å². The maximum atomic E-state index is 12.5. The van der Waals surface area contributed by atoms with Gasteiger partial charge in [0.05, 0.1) is 32.8 Å². The van der Waals surface area contributed by atoms with E-state index in [1.54, 1.807) is 12.1 Å². The molecule has 0 heterocycles. The molecule has 12 heteroatoms. The molecule has 0 bridgehead atoms. The first kappa shape index (κ1) is 26.9. The average Bonchev–Trinajstić information content (AvgIpc) is 2.76. The fourth-order valence-electron chi connectivity index (χ4n) is 2.89. The average molecular weight is 452 g/mol. The molecule has 0 aliphatic heterocycles.